The van der Waals surface area contributed by atoms with E-state index >= 15 is 0 Å². The predicted molar refractivity (Wildman–Crippen MR) is 101 cm³/mol. The number of morpholine rings is 1. The standard InChI is InChI=1S/C20H18N4O4/c25-18(15-9-13-3-1-2-4-17(13)28-19(15)26)24-11-14-10-21-20(22-16(14)12-24)23-5-7-27-8-6-23/h1-4,9-10H,5-8,11-12H2. The van der Waals surface area contributed by atoms with Gasteiger partial charge in [0.25, 0.3) is 5.91 Å². The van der Waals surface area contributed by atoms with Crippen LogP contribution in [-0.2, 0) is 17.8 Å². The van der Waals surface area contributed by atoms with E-state index in [0.29, 0.717) is 37.8 Å². The van der Waals surface area contributed by atoms with Gasteiger partial charge in [0.05, 0.1) is 25.5 Å². The highest BCUT2D eigenvalue weighted by Gasteiger charge is 2.29. The van der Waals surface area contributed by atoms with Crippen LogP contribution < -0.4 is 10.5 Å². The van der Waals surface area contributed by atoms with E-state index in [1.54, 1.807) is 29.3 Å². The number of anilines is 1. The second-order valence-corrected chi connectivity index (χ2v) is 6.89. The highest BCUT2D eigenvalue weighted by molar-refractivity contribution is 5.96. The van der Waals surface area contributed by atoms with Crippen LogP contribution in [0.3, 0.4) is 0 Å². The first-order valence-corrected chi connectivity index (χ1v) is 9.19. The summed E-state index contributed by atoms with van der Waals surface area (Å²) in [5.41, 5.74) is 1.59. The van der Waals surface area contributed by atoms with Crippen molar-refractivity contribution >= 4 is 22.8 Å². The summed E-state index contributed by atoms with van der Waals surface area (Å²) >= 11 is 0. The van der Waals surface area contributed by atoms with E-state index in [-0.39, 0.29) is 11.5 Å². The highest BCUT2D eigenvalue weighted by Crippen LogP contribution is 2.24. The summed E-state index contributed by atoms with van der Waals surface area (Å²) in [6.45, 7) is 3.54. The SMILES string of the molecule is O=C(c1cc2ccccc2oc1=O)N1Cc2cnc(N3CCOCC3)nc2C1. The molecule has 8 nitrogen and oxygen atoms in total. The number of nitrogens with zero attached hydrogens (tertiary/aromatic N) is 4. The Morgan fingerprint density at radius 3 is 2.79 bits per heavy atom. The lowest BCUT2D eigenvalue weighted by Crippen LogP contribution is -2.37. The normalized spacial score (nSPS) is 16.4. The summed E-state index contributed by atoms with van der Waals surface area (Å²) in [5.74, 6) is 0.298. The highest BCUT2D eigenvalue weighted by atomic mass is 16.5. The minimum absolute atomic E-state index is 0.0351. The molecule has 142 valence electrons. The lowest BCUT2D eigenvalue weighted by Gasteiger charge is -2.26. The Hall–Kier alpha value is -3.26. The molecule has 1 saturated heterocycles. The Bertz CT molecular complexity index is 1120. The number of hydrogen-bond acceptors (Lipinski definition) is 7. The summed E-state index contributed by atoms with van der Waals surface area (Å²) in [7, 11) is 0. The van der Waals surface area contributed by atoms with Crippen molar-refractivity contribution in [1.29, 1.82) is 0 Å². The van der Waals surface area contributed by atoms with Gasteiger partial charge >= 0.3 is 5.63 Å². The van der Waals surface area contributed by atoms with Gasteiger partial charge in [0, 0.05) is 36.8 Å². The van der Waals surface area contributed by atoms with Crippen molar-refractivity contribution in [2.24, 2.45) is 0 Å². The van der Waals surface area contributed by atoms with Gasteiger partial charge in [-0.2, -0.15) is 0 Å². The van der Waals surface area contributed by atoms with E-state index in [0.717, 1.165) is 29.7 Å². The molecule has 1 fully saturated rings. The average Bonchev–Trinajstić information content (AvgIpc) is 3.17. The number of fused-ring (bicyclic) bond motifs is 2. The number of hydrogen-bond donors (Lipinski definition) is 0. The molecule has 28 heavy (non-hydrogen) atoms. The van der Waals surface area contributed by atoms with Gasteiger partial charge in [-0.25, -0.2) is 14.8 Å². The van der Waals surface area contributed by atoms with Crippen LogP contribution in [0.1, 0.15) is 21.6 Å². The quantitative estimate of drug-likeness (QED) is 0.626. The monoisotopic (exact) mass is 378 g/mol. The number of ether oxygens (including phenoxy) is 1. The molecule has 3 aromatic rings. The van der Waals surface area contributed by atoms with E-state index in [2.05, 4.69) is 14.9 Å². The van der Waals surface area contributed by atoms with Crippen molar-refractivity contribution in [2.75, 3.05) is 31.2 Å². The molecular weight excluding hydrogens is 360 g/mol. The minimum Gasteiger partial charge on any atom is -0.422 e. The number of para-hydroxylation sites is 1. The molecule has 0 aliphatic carbocycles. The number of carbonyl (C=O) groups excluding carboxylic acids is 1. The number of carbonyl (C=O) groups is 1. The van der Waals surface area contributed by atoms with Gasteiger partial charge in [-0.15, -0.1) is 0 Å². The topological polar surface area (TPSA) is 88.8 Å². The molecule has 0 unspecified atom stereocenters. The van der Waals surface area contributed by atoms with Gasteiger partial charge in [-0.1, -0.05) is 18.2 Å². The Kier molecular flexibility index (Phi) is 4.05. The lowest BCUT2D eigenvalue weighted by molar-refractivity contribution is 0.0746. The van der Waals surface area contributed by atoms with E-state index in [9.17, 15) is 9.59 Å². The lowest BCUT2D eigenvalue weighted by atomic mass is 10.1. The van der Waals surface area contributed by atoms with Crippen LogP contribution in [0.2, 0.25) is 0 Å². The fourth-order valence-corrected chi connectivity index (χ4v) is 3.58. The summed E-state index contributed by atoms with van der Waals surface area (Å²) in [6.07, 6.45) is 1.77. The van der Waals surface area contributed by atoms with Crippen LogP contribution in [0.25, 0.3) is 11.0 Å². The molecule has 0 N–H and O–H groups in total. The molecular formula is C20H18N4O4. The summed E-state index contributed by atoms with van der Waals surface area (Å²) in [5, 5.41) is 0.719. The third-order valence-electron chi connectivity index (χ3n) is 5.10. The van der Waals surface area contributed by atoms with Crippen LogP contribution >= 0.6 is 0 Å². The average molecular weight is 378 g/mol. The fourth-order valence-electron chi connectivity index (χ4n) is 3.58. The van der Waals surface area contributed by atoms with E-state index in [1.165, 1.54) is 0 Å². The molecule has 2 aliphatic heterocycles. The largest absolute Gasteiger partial charge is 0.422 e. The van der Waals surface area contributed by atoms with Crippen LogP contribution in [0.4, 0.5) is 5.95 Å². The molecule has 4 heterocycles. The number of rotatable bonds is 2. The maximum atomic E-state index is 13.0. The zero-order valence-corrected chi connectivity index (χ0v) is 15.1. The predicted octanol–water partition coefficient (Wildman–Crippen LogP) is 1.58. The van der Waals surface area contributed by atoms with Crippen LogP contribution in [0.5, 0.6) is 0 Å². The van der Waals surface area contributed by atoms with Gasteiger partial charge < -0.3 is 19.0 Å². The molecule has 1 amide bonds. The molecule has 2 aliphatic rings. The third kappa shape index (κ3) is 2.91. The number of aromatic nitrogens is 2. The molecule has 0 saturated carbocycles. The number of amides is 1. The van der Waals surface area contributed by atoms with Gasteiger partial charge in [-0.05, 0) is 12.1 Å². The van der Waals surface area contributed by atoms with E-state index < -0.39 is 5.63 Å². The minimum atomic E-state index is -0.625. The van der Waals surface area contributed by atoms with Gasteiger partial charge in [0.1, 0.15) is 11.1 Å². The maximum absolute atomic E-state index is 13.0. The van der Waals surface area contributed by atoms with Crippen molar-refractivity contribution in [3.8, 4) is 0 Å². The Morgan fingerprint density at radius 1 is 1.11 bits per heavy atom. The first kappa shape index (κ1) is 16.9. The van der Waals surface area contributed by atoms with Crippen LogP contribution in [0.15, 0.2) is 45.7 Å². The van der Waals surface area contributed by atoms with Gasteiger partial charge in [0.2, 0.25) is 5.95 Å². The molecule has 1 aromatic carbocycles. The molecule has 8 heteroatoms. The maximum Gasteiger partial charge on any atom is 0.349 e. The molecule has 2 aromatic heterocycles. The van der Waals surface area contributed by atoms with Crippen LogP contribution in [0, 0.1) is 0 Å². The van der Waals surface area contributed by atoms with Crippen molar-refractivity contribution in [3.63, 3.8) is 0 Å². The van der Waals surface area contributed by atoms with E-state index in [4.69, 9.17) is 9.15 Å². The van der Waals surface area contributed by atoms with Crippen molar-refractivity contribution in [1.82, 2.24) is 14.9 Å². The van der Waals surface area contributed by atoms with E-state index in [1.807, 2.05) is 12.1 Å². The molecule has 5 rings (SSSR count). The Labute approximate surface area is 160 Å². The van der Waals surface area contributed by atoms with Crippen LogP contribution in [-0.4, -0.2) is 47.1 Å². The molecule has 0 bridgehead atoms. The summed E-state index contributed by atoms with van der Waals surface area (Å²) in [6, 6.07) is 8.74. The Morgan fingerprint density at radius 2 is 1.93 bits per heavy atom. The summed E-state index contributed by atoms with van der Waals surface area (Å²) in [4.78, 5) is 38.0. The molecule has 0 atom stereocenters. The Balaban J connectivity index is 1.41. The first-order valence-electron chi connectivity index (χ1n) is 9.19. The third-order valence-corrected chi connectivity index (χ3v) is 5.10. The van der Waals surface area contributed by atoms with Gasteiger partial charge in [0.15, 0.2) is 0 Å². The van der Waals surface area contributed by atoms with Crippen molar-refractivity contribution < 1.29 is 13.9 Å². The molecule has 0 spiro atoms. The zero-order valence-electron chi connectivity index (χ0n) is 15.1. The second kappa shape index (κ2) is 6.72. The van der Waals surface area contributed by atoms with Crippen molar-refractivity contribution in [3.05, 3.63) is 63.8 Å². The molecule has 0 radical (unpaired) electrons. The first-order chi connectivity index (χ1) is 13.7. The fraction of sp³-hybridized carbons (Fsp3) is 0.300. The smallest absolute Gasteiger partial charge is 0.349 e. The summed E-state index contributed by atoms with van der Waals surface area (Å²) < 4.78 is 10.7. The number of benzene rings is 1. The van der Waals surface area contributed by atoms with Gasteiger partial charge in [-0.3, -0.25) is 4.79 Å². The van der Waals surface area contributed by atoms with Crippen molar-refractivity contribution in [2.45, 2.75) is 13.1 Å². The second-order valence-electron chi connectivity index (χ2n) is 6.89. The zero-order chi connectivity index (χ0) is 19.1.